The highest BCUT2D eigenvalue weighted by Gasteiger charge is 2.40. The van der Waals surface area contributed by atoms with E-state index in [1.165, 1.54) is 19.3 Å². The lowest BCUT2D eigenvalue weighted by atomic mass is 10.1. The first-order chi connectivity index (χ1) is 7.33. The number of ether oxygens (including phenoxy) is 1. The smallest absolute Gasteiger partial charge is 0.248 e. The van der Waals surface area contributed by atoms with Gasteiger partial charge >= 0.3 is 0 Å². The van der Waals surface area contributed by atoms with E-state index >= 15 is 0 Å². The minimum absolute atomic E-state index is 0.203. The molecule has 84 valence electrons. The minimum Gasteiger partial charge on any atom is -0.366 e. The molecule has 2 saturated heterocycles. The SMILES string of the molecule is O=C(COC1CNC1)N1CC2CCC1C2. The molecule has 2 atom stereocenters. The summed E-state index contributed by atoms with van der Waals surface area (Å²) in [6.07, 6.45) is 4.04. The normalized spacial score (nSPS) is 34.5. The van der Waals surface area contributed by atoms with Crippen molar-refractivity contribution in [3.63, 3.8) is 0 Å². The maximum atomic E-state index is 11.9. The van der Waals surface area contributed by atoms with E-state index in [1.54, 1.807) is 0 Å². The molecule has 4 nitrogen and oxygen atoms in total. The van der Waals surface area contributed by atoms with Crippen molar-refractivity contribution in [1.29, 1.82) is 0 Å². The van der Waals surface area contributed by atoms with Crippen molar-refractivity contribution in [2.75, 3.05) is 26.2 Å². The van der Waals surface area contributed by atoms with Gasteiger partial charge in [0, 0.05) is 25.7 Å². The predicted molar refractivity (Wildman–Crippen MR) is 55.5 cm³/mol. The fourth-order valence-electron chi connectivity index (χ4n) is 2.88. The van der Waals surface area contributed by atoms with E-state index in [9.17, 15) is 4.79 Å². The largest absolute Gasteiger partial charge is 0.366 e. The number of nitrogens with zero attached hydrogens (tertiary/aromatic N) is 1. The molecule has 0 aromatic heterocycles. The Labute approximate surface area is 90.0 Å². The zero-order valence-electron chi connectivity index (χ0n) is 8.95. The molecule has 0 spiro atoms. The number of amides is 1. The molecule has 4 heteroatoms. The molecule has 1 aliphatic carbocycles. The van der Waals surface area contributed by atoms with Crippen LogP contribution in [0.4, 0.5) is 0 Å². The van der Waals surface area contributed by atoms with Gasteiger partial charge in [-0.05, 0) is 25.2 Å². The van der Waals surface area contributed by atoms with Crippen molar-refractivity contribution in [1.82, 2.24) is 10.2 Å². The standard InChI is InChI=1S/C11H18N2O2/c14-11(7-15-10-4-12-5-10)13-6-8-1-2-9(13)3-8/h8-10,12H,1-7H2. The van der Waals surface area contributed by atoms with E-state index in [4.69, 9.17) is 4.74 Å². The number of nitrogens with one attached hydrogen (secondary N) is 1. The quantitative estimate of drug-likeness (QED) is 0.712. The van der Waals surface area contributed by atoms with Gasteiger partial charge < -0.3 is 15.0 Å². The molecule has 1 N–H and O–H groups in total. The lowest BCUT2D eigenvalue weighted by molar-refractivity contribution is -0.140. The predicted octanol–water partition coefficient (Wildman–Crippen LogP) is -0.0143. The van der Waals surface area contributed by atoms with Crippen LogP contribution in [0.25, 0.3) is 0 Å². The van der Waals surface area contributed by atoms with Crippen LogP contribution in [0.1, 0.15) is 19.3 Å². The van der Waals surface area contributed by atoms with Gasteiger partial charge in [0.05, 0.1) is 6.10 Å². The number of fused-ring (bicyclic) bond motifs is 2. The summed E-state index contributed by atoms with van der Waals surface area (Å²) < 4.78 is 5.51. The number of hydrogen-bond acceptors (Lipinski definition) is 3. The molecule has 3 aliphatic rings. The molecule has 1 saturated carbocycles. The van der Waals surface area contributed by atoms with E-state index < -0.39 is 0 Å². The summed E-state index contributed by atoms with van der Waals surface area (Å²) in [6.45, 7) is 3.07. The van der Waals surface area contributed by atoms with Crippen LogP contribution in [-0.4, -0.2) is 49.2 Å². The van der Waals surface area contributed by atoms with Gasteiger partial charge in [0.2, 0.25) is 5.91 Å². The number of carbonyl (C=O) groups is 1. The first-order valence-corrected chi connectivity index (χ1v) is 5.94. The fourth-order valence-corrected chi connectivity index (χ4v) is 2.88. The zero-order valence-corrected chi connectivity index (χ0v) is 8.95. The summed E-state index contributed by atoms with van der Waals surface area (Å²) in [7, 11) is 0. The molecule has 2 heterocycles. The maximum Gasteiger partial charge on any atom is 0.248 e. The second-order valence-corrected chi connectivity index (χ2v) is 4.97. The van der Waals surface area contributed by atoms with Crippen molar-refractivity contribution in [2.24, 2.45) is 5.92 Å². The highest BCUT2D eigenvalue weighted by atomic mass is 16.5. The monoisotopic (exact) mass is 210 g/mol. The number of likely N-dealkylation sites (tertiary alicyclic amines) is 1. The fraction of sp³-hybridized carbons (Fsp3) is 0.909. The molecule has 2 aliphatic heterocycles. The van der Waals surface area contributed by atoms with Crippen LogP contribution in [0.2, 0.25) is 0 Å². The van der Waals surface area contributed by atoms with Crippen LogP contribution in [0.5, 0.6) is 0 Å². The van der Waals surface area contributed by atoms with E-state index in [2.05, 4.69) is 5.32 Å². The third-order valence-electron chi connectivity index (χ3n) is 3.92. The highest BCUT2D eigenvalue weighted by molar-refractivity contribution is 5.78. The van der Waals surface area contributed by atoms with E-state index in [-0.39, 0.29) is 18.6 Å². The van der Waals surface area contributed by atoms with Crippen molar-refractivity contribution < 1.29 is 9.53 Å². The lowest BCUT2D eigenvalue weighted by Crippen LogP contribution is -2.50. The Morgan fingerprint density at radius 3 is 2.80 bits per heavy atom. The molecule has 0 radical (unpaired) electrons. The molecule has 2 unspecified atom stereocenters. The number of rotatable bonds is 3. The minimum atomic E-state index is 0.203. The second-order valence-electron chi connectivity index (χ2n) is 4.97. The molecule has 1 amide bonds. The summed E-state index contributed by atoms with van der Waals surface area (Å²) in [5.74, 6) is 0.985. The van der Waals surface area contributed by atoms with Gasteiger partial charge in [-0.3, -0.25) is 4.79 Å². The third-order valence-corrected chi connectivity index (χ3v) is 3.92. The Hall–Kier alpha value is -0.610. The van der Waals surface area contributed by atoms with Crippen LogP contribution in [0.3, 0.4) is 0 Å². The van der Waals surface area contributed by atoms with E-state index in [0.29, 0.717) is 6.04 Å². The molecule has 2 bridgehead atoms. The van der Waals surface area contributed by atoms with Gasteiger partial charge in [0.15, 0.2) is 0 Å². The average molecular weight is 210 g/mol. The lowest BCUT2D eigenvalue weighted by Gasteiger charge is -2.30. The molecule has 0 aromatic rings. The van der Waals surface area contributed by atoms with Crippen LogP contribution in [-0.2, 0) is 9.53 Å². The van der Waals surface area contributed by atoms with E-state index in [1.807, 2.05) is 4.90 Å². The Morgan fingerprint density at radius 1 is 1.40 bits per heavy atom. The molecular weight excluding hydrogens is 192 g/mol. The summed E-state index contributed by atoms with van der Waals surface area (Å²) in [5, 5.41) is 3.13. The first-order valence-electron chi connectivity index (χ1n) is 5.94. The summed E-state index contributed by atoms with van der Waals surface area (Å²) in [5.41, 5.74) is 0. The van der Waals surface area contributed by atoms with E-state index in [0.717, 1.165) is 25.6 Å². The number of carbonyl (C=O) groups excluding carboxylic acids is 1. The molecular formula is C11H18N2O2. The molecule has 3 rings (SSSR count). The summed E-state index contributed by atoms with van der Waals surface area (Å²) >= 11 is 0. The average Bonchev–Trinajstić information content (AvgIpc) is 2.75. The van der Waals surface area contributed by atoms with Gasteiger partial charge in [0.25, 0.3) is 0 Å². The van der Waals surface area contributed by atoms with Crippen molar-refractivity contribution in [2.45, 2.75) is 31.4 Å². The van der Waals surface area contributed by atoms with Crippen LogP contribution < -0.4 is 5.32 Å². The second kappa shape index (κ2) is 3.76. The topological polar surface area (TPSA) is 41.6 Å². The maximum absolute atomic E-state index is 11.9. The van der Waals surface area contributed by atoms with Gasteiger partial charge in [-0.15, -0.1) is 0 Å². The highest BCUT2D eigenvalue weighted by Crippen LogP contribution is 2.37. The van der Waals surface area contributed by atoms with Gasteiger partial charge in [0.1, 0.15) is 6.61 Å². The van der Waals surface area contributed by atoms with Crippen molar-refractivity contribution >= 4 is 5.91 Å². The molecule has 3 fully saturated rings. The Balaban J connectivity index is 1.47. The summed E-state index contributed by atoms with van der Waals surface area (Å²) in [6, 6.07) is 0.533. The van der Waals surface area contributed by atoms with Gasteiger partial charge in [-0.2, -0.15) is 0 Å². The molecule has 15 heavy (non-hydrogen) atoms. The van der Waals surface area contributed by atoms with Crippen LogP contribution in [0, 0.1) is 5.92 Å². The van der Waals surface area contributed by atoms with Crippen LogP contribution in [0.15, 0.2) is 0 Å². The summed E-state index contributed by atoms with van der Waals surface area (Å²) in [4.78, 5) is 13.9. The van der Waals surface area contributed by atoms with Gasteiger partial charge in [-0.25, -0.2) is 0 Å². The Morgan fingerprint density at radius 2 is 2.27 bits per heavy atom. The number of piperidine rings is 1. The van der Waals surface area contributed by atoms with Crippen molar-refractivity contribution in [3.05, 3.63) is 0 Å². The Kier molecular flexibility index (Phi) is 2.41. The number of hydrogen-bond donors (Lipinski definition) is 1. The molecule has 0 aromatic carbocycles. The van der Waals surface area contributed by atoms with Crippen LogP contribution >= 0.6 is 0 Å². The van der Waals surface area contributed by atoms with Gasteiger partial charge in [-0.1, -0.05) is 0 Å². The zero-order chi connectivity index (χ0) is 10.3. The van der Waals surface area contributed by atoms with Crippen molar-refractivity contribution in [3.8, 4) is 0 Å². The third kappa shape index (κ3) is 1.76. The first kappa shape index (κ1) is 9.60. The Bertz CT molecular complexity index is 265.